The number of nitrogens with zero attached hydrogens (tertiary/aromatic N) is 1. The van der Waals surface area contributed by atoms with Crippen molar-refractivity contribution in [3.8, 4) is 0 Å². The van der Waals surface area contributed by atoms with Crippen LogP contribution in [0.25, 0.3) is 0 Å². The normalized spacial score (nSPS) is 39.3. The number of amides is 1. The van der Waals surface area contributed by atoms with E-state index in [-0.39, 0.29) is 55.1 Å². The lowest BCUT2D eigenvalue weighted by molar-refractivity contribution is -0.317. The van der Waals surface area contributed by atoms with E-state index in [1.807, 2.05) is 58.1 Å². The molecule has 0 spiro atoms. The van der Waals surface area contributed by atoms with Gasteiger partial charge in [-0.15, -0.1) is 0 Å². The number of esters is 1. The van der Waals surface area contributed by atoms with Crippen molar-refractivity contribution in [2.24, 2.45) is 41.4 Å². The second kappa shape index (κ2) is 29.3. The summed E-state index contributed by atoms with van der Waals surface area (Å²) in [6.45, 7) is 16.1. The summed E-state index contributed by atoms with van der Waals surface area (Å²) in [4.78, 5) is 58.5. The first-order valence-corrected chi connectivity index (χ1v) is 26.5. The van der Waals surface area contributed by atoms with Crippen molar-refractivity contribution in [1.82, 2.24) is 4.90 Å². The van der Waals surface area contributed by atoms with Gasteiger partial charge in [-0.25, -0.2) is 4.79 Å². The van der Waals surface area contributed by atoms with E-state index in [0.717, 1.165) is 18.4 Å². The molecule has 3 fully saturated rings. The Bertz CT molecular complexity index is 1770. The molecule has 16 nitrogen and oxygen atoms in total. The highest BCUT2D eigenvalue weighted by Crippen LogP contribution is 2.39. The molecule has 1 amide bonds. The van der Waals surface area contributed by atoms with Crippen LogP contribution in [0.1, 0.15) is 132 Å². The minimum absolute atomic E-state index is 0.0138. The van der Waals surface area contributed by atoms with Gasteiger partial charge in [0.15, 0.2) is 11.9 Å². The molecule has 4 rings (SSSR count). The third kappa shape index (κ3) is 16.5. The molecule has 406 valence electrons. The Kier molecular flexibility index (Phi) is 25.0. The number of hydrogen-bond acceptors (Lipinski definition) is 15. The first kappa shape index (κ1) is 60.7. The Morgan fingerprint density at radius 1 is 0.831 bits per heavy atom. The Hall–Kier alpha value is -2.90. The largest absolute Gasteiger partial charge is 0.460 e. The van der Waals surface area contributed by atoms with Crippen LogP contribution in [0, 0.1) is 41.4 Å². The van der Waals surface area contributed by atoms with E-state index < -0.39 is 95.9 Å². The predicted octanol–water partition coefficient (Wildman–Crippen LogP) is 6.08. The van der Waals surface area contributed by atoms with Gasteiger partial charge in [0.1, 0.15) is 24.0 Å². The van der Waals surface area contributed by atoms with E-state index in [9.17, 15) is 39.6 Å². The van der Waals surface area contributed by atoms with Gasteiger partial charge in [-0.1, -0.05) is 71.9 Å². The van der Waals surface area contributed by atoms with Gasteiger partial charge in [0, 0.05) is 71.0 Å². The summed E-state index contributed by atoms with van der Waals surface area (Å²) in [5.74, 6) is -7.96. The first-order valence-electron chi connectivity index (χ1n) is 26.5. The number of aliphatic hydroxyl groups is 4. The van der Waals surface area contributed by atoms with E-state index in [1.54, 1.807) is 41.9 Å². The molecule has 71 heavy (non-hydrogen) atoms. The second-order valence-corrected chi connectivity index (χ2v) is 21.3. The molecule has 16 heteroatoms. The summed E-state index contributed by atoms with van der Waals surface area (Å²) in [7, 11) is 4.59. The number of hydrogen-bond donors (Lipinski definition) is 4. The Labute approximate surface area is 424 Å². The number of methoxy groups -OCH3 is 3. The number of carbonyl (C=O) groups is 4. The lowest BCUT2D eigenvalue weighted by atomic mass is 9.77. The quantitative estimate of drug-likeness (QED) is 0.136. The number of aliphatic hydroxyl groups excluding tert-OH is 3. The minimum atomic E-state index is -2.26. The number of piperidine rings is 1. The molecule has 0 radical (unpaired) electrons. The highest BCUT2D eigenvalue weighted by molar-refractivity contribution is 5.88. The van der Waals surface area contributed by atoms with Crippen molar-refractivity contribution < 1.29 is 72.8 Å². The van der Waals surface area contributed by atoms with E-state index in [1.165, 1.54) is 12.0 Å². The summed E-state index contributed by atoms with van der Waals surface area (Å²) in [6.07, 6.45) is 6.96. The highest BCUT2D eigenvalue weighted by atomic mass is 16.6. The van der Waals surface area contributed by atoms with Gasteiger partial charge >= 0.3 is 5.97 Å². The van der Waals surface area contributed by atoms with Crippen LogP contribution in [0.15, 0.2) is 36.0 Å². The lowest BCUT2D eigenvalue weighted by Gasteiger charge is -2.46. The maximum absolute atomic E-state index is 14.6. The molecular weight excluding hydrogens is 915 g/mol. The average molecular weight is 1010 g/mol. The summed E-state index contributed by atoms with van der Waals surface area (Å²) in [5.41, 5.74) is 0.892. The maximum Gasteiger partial charge on any atom is 0.329 e. The van der Waals surface area contributed by atoms with Crippen molar-refractivity contribution >= 4 is 23.4 Å². The van der Waals surface area contributed by atoms with Crippen LogP contribution in [-0.2, 0) is 52.3 Å². The molecule has 1 aliphatic carbocycles. The molecule has 3 heterocycles. The summed E-state index contributed by atoms with van der Waals surface area (Å²) in [5, 5.41) is 47.2. The molecule has 3 aliphatic heterocycles. The number of carbonyl (C=O) groups excluding carboxylic acids is 4. The van der Waals surface area contributed by atoms with Crippen LogP contribution in [0.2, 0.25) is 0 Å². The van der Waals surface area contributed by atoms with Crippen molar-refractivity contribution in [3.05, 3.63) is 36.0 Å². The fraction of sp³-hybridized carbons (Fsp3) is 0.818. The molecule has 1 saturated carbocycles. The van der Waals surface area contributed by atoms with Crippen LogP contribution >= 0.6 is 0 Å². The molecule has 18 atom stereocenters. The van der Waals surface area contributed by atoms with Gasteiger partial charge in [0.25, 0.3) is 5.91 Å². The number of Topliss-reactive ketones (excluding diaryl/α,β-unsaturated/α-hetero) is 2. The van der Waals surface area contributed by atoms with Crippen molar-refractivity contribution in [2.45, 2.75) is 199 Å². The van der Waals surface area contributed by atoms with Gasteiger partial charge in [-0.2, -0.15) is 0 Å². The van der Waals surface area contributed by atoms with Gasteiger partial charge in [-0.3, -0.25) is 14.4 Å². The molecule has 2 saturated heterocycles. The van der Waals surface area contributed by atoms with Crippen LogP contribution in [0.4, 0.5) is 0 Å². The predicted molar refractivity (Wildman–Crippen MR) is 268 cm³/mol. The number of fused-ring (bicyclic) bond motifs is 3. The molecule has 4 aliphatic rings. The molecule has 0 aromatic rings. The molecule has 0 aromatic heterocycles. The van der Waals surface area contributed by atoms with Gasteiger partial charge in [0.05, 0.1) is 49.8 Å². The molecule has 2 bridgehead atoms. The Balaban J connectivity index is 1.68. The SMILES string of the molecule is CCOCCOC1CCC(CC(C)C2CC(=O)C(C)C(O)C(C)C(O)C(OC)C(=O)C(C)CC(C)/C=C/C=CC=C(C)C(OC)CC3CCC(C)C(O)(O3)C(O)C(=O)N3CCCCC3C(=O)O2)CC1OC. The molecule has 0 aromatic carbocycles. The number of cyclic esters (lactones) is 1. The van der Waals surface area contributed by atoms with Gasteiger partial charge < -0.3 is 58.5 Å². The maximum atomic E-state index is 14.6. The number of ketones is 2. The van der Waals surface area contributed by atoms with E-state index in [4.69, 9.17) is 33.2 Å². The smallest absolute Gasteiger partial charge is 0.329 e. The lowest BCUT2D eigenvalue weighted by Crippen LogP contribution is -2.63. The third-order valence-corrected chi connectivity index (χ3v) is 16.0. The van der Waals surface area contributed by atoms with Crippen molar-refractivity contribution in [1.29, 1.82) is 0 Å². The zero-order chi connectivity index (χ0) is 52.6. The summed E-state index contributed by atoms with van der Waals surface area (Å²) in [6, 6.07) is -1.12. The summed E-state index contributed by atoms with van der Waals surface area (Å²) >= 11 is 0. The molecular formula is C55H91NO15. The minimum Gasteiger partial charge on any atom is -0.460 e. The van der Waals surface area contributed by atoms with Crippen LogP contribution in [-0.4, -0.2) is 163 Å². The molecule has 4 N–H and O–H groups in total. The Morgan fingerprint density at radius 3 is 2.24 bits per heavy atom. The number of rotatable bonds is 11. The monoisotopic (exact) mass is 1010 g/mol. The zero-order valence-electron chi connectivity index (χ0n) is 44.7. The average Bonchev–Trinajstić information content (AvgIpc) is 3.36. The van der Waals surface area contributed by atoms with Gasteiger partial charge in [-0.05, 0) is 101 Å². The standard InChI is InChI=1S/C55H91NO15/c1-12-68-26-27-69-44-24-22-40(30-47(44)66-10)29-35(4)46-32-43(57)38(7)49(59)39(8)50(60)51(67-11)48(58)36(5)28-33(2)18-14-13-15-19-34(3)45(65-9)31-41-23-21-37(6)55(64,71-41)52(61)53(62)56-25-17-16-20-42(56)54(63)70-46/h13-15,18-19,33,35-42,44-47,49-52,59-61,64H,12,16-17,20-32H2,1-11H3/b15-13?,18-14+,34-19?. The van der Waals surface area contributed by atoms with Crippen molar-refractivity contribution in [2.75, 3.05) is 47.7 Å². The third-order valence-electron chi connectivity index (χ3n) is 16.0. The van der Waals surface area contributed by atoms with E-state index >= 15 is 0 Å². The summed E-state index contributed by atoms with van der Waals surface area (Å²) < 4.78 is 41.6. The van der Waals surface area contributed by atoms with Crippen molar-refractivity contribution in [3.63, 3.8) is 0 Å². The zero-order valence-corrected chi connectivity index (χ0v) is 44.7. The van der Waals surface area contributed by atoms with Gasteiger partial charge in [0.2, 0.25) is 5.79 Å². The number of allylic oxidation sites excluding steroid dienone is 5. The van der Waals surface area contributed by atoms with E-state index in [2.05, 4.69) is 0 Å². The number of ether oxygens (including phenoxy) is 7. The fourth-order valence-corrected chi connectivity index (χ4v) is 11.2. The highest BCUT2D eigenvalue weighted by Gasteiger charge is 2.53. The van der Waals surface area contributed by atoms with Crippen LogP contribution in [0.3, 0.4) is 0 Å². The fourth-order valence-electron chi connectivity index (χ4n) is 11.2. The van der Waals surface area contributed by atoms with Crippen LogP contribution in [0.5, 0.6) is 0 Å². The molecule has 18 unspecified atom stereocenters. The van der Waals surface area contributed by atoms with Crippen LogP contribution < -0.4 is 0 Å². The Morgan fingerprint density at radius 2 is 1.56 bits per heavy atom. The topological polar surface area (TPSA) is 217 Å². The first-order chi connectivity index (χ1) is 33.7. The van der Waals surface area contributed by atoms with E-state index in [0.29, 0.717) is 71.2 Å². The second-order valence-electron chi connectivity index (χ2n) is 21.3.